The van der Waals surface area contributed by atoms with Gasteiger partial charge in [-0.25, -0.2) is 4.39 Å². The van der Waals surface area contributed by atoms with E-state index < -0.39 is 0 Å². The van der Waals surface area contributed by atoms with Crippen LogP contribution in [0.4, 0.5) is 4.39 Å². The Morgan fingerprint density at radius 3 is 2.91 bits per heavy atom. The number of nitriles is 1. The highest BCUT2D eigenvalue weighted by atomic mass is 19.1. The molecule has 2 aliphatic rings. The third kappa shape index (κ3) is 3.06. The molecule has 4 nitrogen and oxygen atoms in total. The molecule has 0 aliphatic carbocycles. The van der Waals surface area contributed by atoms with Gasteiger partial charge in [0.05, 0.1) is 18.8 Å². The van der Waals surface area contributed by atoms with Crippen LogP contribution in [0.25, 0.3) is 0 Å². The summed E-state index contributed by atoms with van der Waals surface area (Å²) in [5.74, 6) is -0.0903. The van der Waals surface area contributed by atoms with Crippen molar-refractivity contribution in [3.63, 3.8) is 0 Å². The summed E-state index contributed by atoms with van der Waals surface area (Å²) in [6.45, 7) is 1.92. The van der Waals surface area contributed by atoms with Crippen molar-refractivity contribution in [2.75, 3.05) is 20.3 Å². The van der Waals surface area contributed by atoms with Gasteiger partial charge in [0.25, 0.3) is 0 Å². The molecule has 0 bridgehead atoms. The van der Waals surface area contributed by atoms with Gasteiger partial charge >= 0.3 is 0 Å². The smallest absolute Gasteiger partial charge is 0.169 e. The van der Waals surface area contributed by atoms with Crippen molar-refractivity contribution >= 4 is 0 Å². The lowest BCUT2D eigenvalue weighted by molar-refractivity contribution is -0.138. The molecule has 2 saturated heterocycles. The van der Waals surface area contributed by atoms with E-state index in [4.69, 9.17) is 9.47 Å². The lowest BCUT2D eigenvalue weighted by Crippen LogP contribution is -2.58. The maximum Gasteiger partial charge on any atom is 0.169 e. The number of hydrogen-bond acceptors (Lipinski definition) is 4. The molecule has 0 saturated carbocycles. The monoisotopic (exact) mass is 318 g/mol. The standard InChI is InChI=1S/C18H23FN2O2/c1-22-15-7-4-6-14(17(15)19)13-21-10-5-9-18(16(21)12-20)8-2-3-11-23-18/h4,6-7,16H,2-3,5,8-11,13H2,1H3. The first-order valence-corrected chi connectivity index (χ1v) is 8.29. The molecule has 2 atom stereocenters. The van der Waals surface area contributed by atoms with Gasteiger partial charge in [-0.3, -0.25) is 4.90 Å². The van der Waals surface area contributed by atoms with Gasteiger partial charge in [0.2, 0.25) is 0 Å². The Morgan fingerprint density at radius 1 is 1.39 bits per heavy atom. The minimum atomic E-state index is -0.374. The first kappa shape index (κ1) is 16.2. The zero-order valence-corrected chi connectivity index (χ0v) is 13.6. The average molecular weight is 318 g/mol. The number of ether oxygens (including phenoxy) is 2. The molecular formula is C18H23FN2O2. The molecule has 0 amide bonds. The van der Waals surface area contributed by atoms with Gasteiger partial charge in [0, 0.05) is 18.7 Å². The largest absolute Gasteiger partial charge is 0.494 e. The predicted octanol–water partition coefficient (Wildman–Crippen LogP) is 3.26. The summed E-state index contributed by atoms with van der Waals surface area (Å²) in [6.07, 6.45) is 4.97. The number of hydrogen-bond donors (Lipinski definition) is 0. The Bertz CT molecular complexity index is 588. The number of rotatable bonds is 3. The fourth-order valence-electron chi connectivity index (χ4n) is 3.89. The zero-order chi connectivity index (χ0) is 16.3. The first-order chi connectivity index (χ1) is 11.2. The average Bonchev–Trinajstić information content (AvgIpc) is 2.58. The molecule has 1 aromatic carbocycles. The number of methoxy groups -OCH3 is 1. The van der Waals surface area contributed by atoms with Crippen LogP contribution in [0.15, 0.2) is 18.2 Å². The highest BCUT2D eigenvalue weighted by molar-refractivity contribution is 5.31. The van der Waals surface area contributed by atoms with Crippen molar-refractivity contribution in [2.45, 2.75) is 50.3 Å². The van der Waals surface area contributed by atoms with Crippen LogP contribution in [0.3, 0.4) is 0 Å². The van der Waals surface area contributed by atoms with Crippen LogP contribution in [0.1, 0.15) is 37.7 Å². The second-order valence-corrected chi connectivity index (χ2v) is 6.41. The Morgan fingerprint density at radius 2 is 2.22 bits per heavy atom. The van der Waals surface area contributed by atoms with E-state index in [9.17, 15) is 9.65 Å². The summed E-state index contributed by atoms with van der Waals surface area (Å²) in [7, 11) is 1.46. The van der Waals surface area contributed by atoms with Crippen LogP contribution in [0.2, 0.25) is 0 Å². The highest BCUT2D eigenvalue weighted by Gasteiger charge is 2.46. The molecular weight excluding hydrogens is 295 g/mol. The van der Waals surface area contributed by atoms with Gasteiger partial charge < -0.3 is 9.47 Å². The van der Waals surface area contributed by atoms with Crippen LogP contribution < -0.4 is 4.74 Å². The van der Waals surface area contributed by atoms with Crippen molar-refractivity contribution in [3.8, 4) is 11.8 Å². The van der Waals surface area contributed by atoms with E-state index in [-0.39, 0.29) is 23.2 Å². The van der Waals surface area contributed by atoms with Crippen LogP contribution in [-0.4, -0.2) is 36.8 Å². The molecule has 1 aromatic rings. The molecule has 0 N–H and O–H groups in total. The minimum Gasteiger partial charge on any atom is -0.494 e. The molecule has 2 aliphatic heterocycles. The van der Waals surface area contributed by atoms with Crippen molar-refractivity contribution < 1.29 is 13.9 Å². The van der Waals surface area contributed by atoms with Gasteiger partial charge in [0.1, 0.15) is 6.04 Å². The third-order valence-electron chi connectivity index (χ3n) is 5.05. The SMILES string of the molecule is COc1cccc(CN2CCCC3(CCCCO3)C2C#N)c1F. The molecule has 0 aromatic heterocycles. The lowest BCUT2D eigenvalue weighted by Gasteiger charge is -2.48. The fraction of sp³-hybridized carbons (Fsp3) is 0.611. The Labute approximate surface area is 136 Å². The normalized spacial score (nSPS) is 28.5. The molecule has 0 radical (unpaired) electrons. The van der Waals surface area contributed by atoms with E-state index in [1.54, 1.807) is 18.2 Å². The van der Waals surface area contributed by atoms with E-state index >= 15 is 0 Å². The fourth-order valence-corrected chi connectivity index (χ4v) is 3.89. The number of piperidine rings is 1. The van der Waals surface area contributed by atoms with Gasteiger partial charge in [0.15, 0.2) is 11.6 Å². The maximum atomic E-state index is 14.4. The van der Waals surface area contributed by atoms with Crippen LogP contribution in [0, 0.1) is 17.1 Å². The van der Waals surface area contributed by atoms with Gasteiger partial charge in [-0.2, -0.15) is 5.26 Å². The van der Waals surface area contributed by atoms with Gasteiger partial charge in [-0.1, -0.05) is 12.1 Å². The molecule has 1 spiro atoms. The summed E-state index contributed by atoms with van der Waals surface area (Å²) in [5, 5.41) is 9.74. The molecule has 23 heavy (non-hydrogen) atoms. The summed E-state index contributed by atoms with van der Waals surface area (Å²) >= 11 is 0. The Hall–Kier alpha value is -1.64. The van der Waals surface area contributed by atoms with Crippen LogP contribution >= 0.6 is 0 Å². The van der Waals surface area contributed by atoms with E-state index in [1.807, 2.05) is 0 Å². The number of likely N-dealkylation sites (tertiary alicyclic amines) is 1. The van der Waals surface area contributed by atoms with Crippen molar-refractivity contribution in [3.05, 3.63) is 29.6 Å². The topological polar surface area (TPSA) is 45.5 Å². The van der Waals surface area contributed by atoms with E-state index in [0.29, 0.717) is 12.1 Å². The summed E-state index contributed by atoms with van der Waals surface area (Å²) in [4.78, 5) is 2.06. The van der Waals surface area contributed by atoms with Crippen molar-refractivity contribution in [2.24, 2.45) is 0 Å². The number of halogens is 1. The molecule has 124 valence electrons. The van der Waals surface area contributed by atoms with Gasteiger partial charge in [-0.15, -0.1) is 0 Å². The first-order valence-electron chi connectivity index (χ1n) is 8.29. The predicted molar refractivity (Wildman–Crippen MR) is 84.5 cm³/mol. The summed E-state index contributed by atoms with van der Waals surface area (Å²) in [5.41, 5.74) is 0.193. The Balaban J connectivity index is 1.83. The molecule has 2 fully saturated rings. The van der Waals surface area contributed by atoms with Crippen LogP contribution in [-0.2, 0) is 11.3 Å². The van der Waals surface area contributed by atoms with Crippen molar-refractivity contribution in [1.82, 2.24) is 4.90 Å². The second-order valence-electron chi connectivity index (χ2n) is 6.41. The number of nitrogens with zero attached hydrogens (tertiary/aromatic N) is 2. The number of benzene rings is 1. The third-order valence-corrected chi connectivity index (χ3v) is 5.05. The minimum absolute atomic E-state index is 0.247. The van der Waals surface area contributed by atoms with Crippen LogP contribution in [0.5, 0.6) is 5.75 Å². The van der Waals surface area contributed by atoms with E-state index in [2.05, 4.69) is 11.0 Å². The summed E-state index contributed by atoms with van der Waals surface area (Å²) < 4.78 is 25.6. The quantitative estimate of drug-likeness (QED) is 0.858. The molecule has 3 rings (SSSR count). The zero-order valence-electron chi connectivity index (χ0n) is 13.6. The maximum absolute atomic E-state index is 14.4. The molecule has 2 unspecified atom stereocenters. The molecule has 2 heterocycles. The van der Waals surface area contributed by atoms with Crippen molar-refractivity contribution in [1.29, 1.82) is 5.26 Å². The van der Waals surface area contributed by atoms with E-state index in [1.165, 1.54) is 7.11 Å². The second kappa shape index (κ2) is 6.86. The van der Waals surface area contributed by atoms with Gasteiger partial charge in [-0.05, 0) is 44.7 Å². The van der Waals surface area contributed by atoms with E-state index in [0.717, 1.165) is 45.3 Å². The highest BCUT2D eigenvalue weighted by Crippen LogP contribution is 2.39. The Kier molecular flexibility index (Phi) is 4.84. The lowest BCUT2D eigenvalue weighted by atomic mass is 9.79. The molecule has 5 heteroatoms. The summed E-state index contributed by atoms with van der Waals surface area (Å²) in [6, 6.07) is 7.27.